The fraction of sp³-hybridized carbons (Fsp3) is 0.263. The number of thioether (sulfide) groups is 1. The second kappa shape index (κ2) is 10.7. The number of ether oxygens (including phenoxy) is 1. The van der Waals surface area contributed by atoms with Crippen molar-refractivity contribution in [2.75, 3.05) is 12.4 Å². The van der Waals surface area contributed by atoms with Crippen LogP contribution in [0.2, 0.25) is 5.02 Å². The second-order valence-electron chi connectivity index (χ2n) is 5.51. The van der Waals surface area contributed by atoms with Crippen molar-refractivity contribution in [3.8, 4) is 5.75 Å². The third kappa shape index (κ3) is 7.80. The number of rotatable bonds is 10. The molecule has 2 N–H and O–H groups in total. The number of aliphatic carboxylic acids is 1. The number of benzene rings is 2. The Morgan fingerprint density at radius 2 is 1.92 bits per heavy atom. The van der Waals surface area contributed by atoms with E-state index in [0.717, 1.165) is 22.6 Å². The summed E-state index contributed by atoms with van der Waals surface area (Å²) in [7, 11) is 0. The number of amides is 1. The van der Waals surface area contributed by atoms with Crippen LogP contribution in [-0.2, 0) is 16.1 Å². The molecule has 2 rings (SSSR count). The predicted octanol–water partition coefficient (Wildman–Crippen LogP) is 3.99. The van der Waals surface area contributed by atoms with Crippen molar-refractivity contribution >= 4 is 35.2 Å². The predicted molar refractivity (Wildman–Crippen MR) is 103 cm³/mol. The summed E-state index contributed by atoms with van der Waals surface area (Å²) in [5, 5.41) is 12.2. The van der Waals surface area contributed by atoms with Gasteiger partial charge in [0.05, 0.1) is 0 Å². The van der Waals surface area contributed by atoms with Crippen LogP contribution in [0.5, 0.6) is 5.75 Å². The highest BCUT2D eigenvalue weighted by molar-refractivity contribution is 7.99. The smallest absolute Gasteiger partial charge is 0.341 e. The summed E-state index contributed by atoms with van der Waals surface area (Å²) in [6.45, 7) is -0.00543. The summed E-state index contributed by atoms with van der Waals surface area (Å²) >= 11 is 7.54. The quantitative estimate of drug-likeness (QED) is 0.471. The highest BCUT2D eigenvalue weighted by Gasteiger charge is 2.04. The topological polar surface area (TPSA) is 75.6 Å². The molecule has 0 atom stereocenters. The molecule has 138 valence electrons. The minimum Gasteiger partial charge on any atom is -0.482 e. The molecule has 0 spiro atoms. The first-order valence-electron chi connectivity index (χ1n) is 8.11. The molecule has 0 heterocycles. The monoisotopic (exact) mass is 393 g/mol. The van der Waals surface area contributed by atoms with E-state index in [1.807, 2.05) is 30.3 Å². The van der Waals surface area contributed by atoms with Crippen molar-refractivity contribution in [1.82, 2.24) is 5.32 Å². The van der Waals surface area contributed by atoms with Gasteiger partial charge in [0, 0.05) is 22.9 Å². The van der Waals surface area contributed by atoms with E-state index in [4.69, 9.17) is 21.4 Å². The van der Waals surface area contributed by atoms with Crippen LogP contribution in [-0.4, -0.2) is 29.3 Å². The molecule has 26 heavy (non-hydrogen) atoms. The standard InChI is InChI=1S/C19H20ClNO4S/c20-15-6-8-17(9-7-15)26-10-2-5-18(22)21-12-14-3-1-4-16(11-14)25-13-19(23)24/h1,3-4,6-9,11H,2,5,10,12-13H2,(H,21,22)(H,23,24). The van der Waals surface area contributed by atoms with E-state index in [1.165, 1.54) is 0 Å². The number of carbonyl (C=O) groups is 2. The van der Waals surface area contributed by atoms with E-state index >= 15 is 0 Å². The lowest BCUT2D eigenvalue weighted by Gasteiger charge is -2.08. The fourth-order valence-corrected chi connectivity index (χ4v) is 3.11. The minimum absolute atomic E-state index is 0.0152. The van der Waals surface area contributed by atoms with Crippen molar-refractivity contribution in [2.45, 2.75) is 24.3 Å². The molecule has 0 aliphatic carbocycles. The first kappa shape index (κ1) is 20.1. The average molecular weight is 394 g/mol. The largest absolute Gasteiger partial charge is 0.482 e. The maximum absolute atomic E-state index is 11.9. The highest BCUT2D eigenvalue weighted by atomic mass is 35.5. The van der Waals surface area contributed by atoms with Crippen molar-refractivity contribution in [3.05, 3.63) is 59.1 Å². The molecule has 2 aromatic carbocycles. The van der Waals surface area contributed by atoms with Gasteiger partial charge in [-0.2, -0.15) is 0 Å². The fourth-order valence-electron chi connectivity index (χ4n) is 2.13. The van der Waals surface area contributed by atoms with E-state index in [0.29, 0.717) is 23.7 Å². The number of hydrogen-bond acceptors (Lipinski definition) is 4. The first-order valence-corrected chi connectivity index (χ1v) is 9.48. The number of carbonyl (C=O) groups excluding carboxylic acids is 1. The lowest BCUT2D eigenvalue weighted by atomic mass is 10.2. The zero-order chi connectivity index (χ0) is 18.8. The molecular weight excluding hydrogens is 374 g/mol. The Labute approximate surface area is 161 Å². The van der Waals surface area contributed by atoms with Gasteiger partial charge in [-0.05, 0) is 54.1 Å². The molecule has 2 aromatic rings. The molecule has 0 aliphatic heterocycles. The van der Waals surface area contributed by atoms with Crippen molar-refractivity contribution in [3.63, 3.8) is 0 Å². The van der Waals surface area contributed by atoms with Crippen LogP contribution >= 0.6 is 23.4 Å². The average Bonchev–Trinajstić information content (AvgIpc) is 2.64. The number of carboxylic acid groups (broad SMARTS) is 1. The number of hydrogen-bond donors (Lipinski definition) is 2. The van der Waals surface area contributed by atoms with E-state index in [-0.39, 0.29) is 12.5 Å². The number of carboxylic acids is 1. The van der Waals surface area contributed by atoms with Crippen LogP contribution in [0.25, 0.3) is 0 Å². The zero-order valence-electron chi connectivity index (χ0n) is 14.1. The van der Waals surface area contributed by atoms with E-state index in [2.05, 4.69) is 5.32 Å². The van der Waals surface area contributed by atoms with Gasteiger partial charge in [0.25, 0.3) is 0 Å². The summed E-state index contributed by atoms with van der Waals surface area (Å²) in [4.78, 5) is 23.6. The van der Waals surface area contributed by atoms with Gasteiger partial charge < -0.3 is 15.2 Å². The maximum Gasteiger partial charge on any atom is 0.341 e. The number of nitrogens with one attached hydrogen (secondary N) is 1. The summed E-state index contributed by atoms with van der Waals surface area (Å²) < 4.78 is 5.12. The number of halogens is 1. The second-order valence-corrected chi connectivity index (χ2v) is 7.12. The normalized spacial score (nSPS) is 10.3. The molecule has 5 nitrogen and oxygen atoms in total. The van der Waals surface area contributed by atoms with Gasteiger partial charge in [-0.15, -0.1) is 11.8 Å². The van der Waals surface area contributed by atoms with Gasteiger partial charge >= 0.3 is 5.97 Å². The Hall–Kier alpha value is -2.18. The summed E-state index contributed by atoms with van der Waals surface area (Å²) in [5.41, 5.74) is 0.858. The highest BCUT2D eigenvalue weighted by Crippen LogP contribution is 2.21. The lowest BCUT2D eigenvalue weighted by Crippen LogP contribution is -2.22. The third-order valence-electron chi connectivity index (χ3n) is 3.38. The van der Waals surface area contributed by atoms with Crippen LogP contribution in [0.4, 0.5) is 0 Å². The van der Waals surface area contributed by atoms with Gasteiger partial charge in [0.1, 0.15) is 5.75 Å². The molecule has 0 fully saturated rings. The van der Waals surface area contributed by atoms with Crippen molar-refractivity contribution in [1.29, 1.82) is 0 Å². The summed E-state index contributed by atoms with van der Waals surface area (Å²) in [6, 6.07) is 14.7. The van der Waals surface area contributed by atoms with Crippen LogP contribution in [0.1, 0.15) is 18.4 Å². The molecular formula is C19H20ClNO4S. The van der Waals surface area contributed by atoms with Crippen molar-refractivity contribution < 1.29 is 19.4 Å². The molecule has 0 radical (unpaired) electrons. The molecule has 7 heteroatoms. The molecule has 0 aromatic heterocycles. The lowest BCUT2D eigenvalue weighted by molar-refractivity contribution is -0.139. The van der Waals surface area contributed by atoms with Crippen LogP contribution in [0.3, 0.4) is 0 Å². The van der Waals surface area contributed by atoms with Crippen LogP contribution < -0.4 is 10.1 Å². The molecule has 0 aliphatic rings. The van der Waals surface area contributed by atoms with Crippen molar-refractivity contribution in [2.24, 2.45) is 0 Å². The Morgan fingerprint density at radius 3 is 2.65 bits per heavy atom. The maximum atomic E-state index is 11.9. The van der Waals surface area contributed by atoms with Gasteiger partial charge in [-0.25, -0.2) is 4.79 Å². The Balaban J connectivity index is 1.66. The van der Waals surface area contributed by atoms with Gasteiger partial charge in [0.15, 0.2) is 6.61 Å². The Kier molecular flexibility index (Phi) is 8.31. The molecule has 0 saturated heterocycles. The Bertz CT molecular complexity index is 737. The van der Waals surface area contributed by atoms with Crippen LogP contribution in [0, 0.1) is 0 Å². The molecule has 0 unspecified atom stereocenters. The van der Waals surface area contributed by atoms with Crippen LogP contribution in [0.15, 0.2) is 53.4 Å². The van der Waals surface area contributed by atoms with Gasteiger partial charge in [0.2, 0.25) is 5.91 Å². The molecule has 0 saturated carbocycles. The molecule has 0 bridgehead atoms. The Morgan fingerprint density at radius 1 is 1.15 bits per heavy atom. The third-order valence-corrected chi connectivity index (χ3v) is 4.73. The van der Waals surface area contributed by atoms with E-state index in [1.54, 1.807) is 30.0 Å². The molecule has 1 amide bonds. The summed E-state index contributed by atoms with van der Waals surface area (Å²) in [5.74, 6) is 0.283. The van der Waals surface area contributed by atoms with Gasteiger partial charge in [-0.3, -0.25) is 4.79 Å². The zero-order valence-corrected chi connectivity index (χ0v) is 15.7. The van der Waals surface area contributed by atoms with E-state index < -0.39 is 5.97 Å². The summed E-state index contributed by atoms with van der Waals surface area (Å²) in [6.07, 6.45) is 1.23. The minimum atomic E-state index is -1.03. The first-order chi connectivity index (χ1) is 12.5. The SMILES string of the molecule is O=C(O)COc1cccc(CNC(=O)CCCSc2ccc(Cl)cc2)c1. The van der Waals surface area contributed by atoms with Gasteiger partial charge in [-0.1, -0.05) is 23.7 Å². The van der Waals surface area contributed by atoms with E-state index in [9.17, 15) is 9.59 Å².